The van der Waals surface area contributed by atoms with E-state index in [-0.39, 0.29) is 19.4 Å². The SMILES string of the molecule is CCC(C)(C)C(=O)C(=O)N1CCCC[C@H]1C(=O)OC(CCc1ccc(OC)c(OC)c1)c1cccc(NC(=O)CCC(=O)O)c1. The molecule has 0 aromatic heterocycles. The van der Waals surface area contributed by atoms with Crippen molar-refractivity contribution in [2.45, 2.75) is 84.3 Å². The molecule has 2 N–H and O–H groups in total. The molecule has 2 atom stereocenters. The van der Waals surface area contributed by atoms with Crippen LogP contribution in [0, 0.1) is 5.41 Å². The molecule has 0 spiro atoms. The Morgan fingerprint density at radius 2 is 1.73 bits per heavy atom. The fourth-order valence-electron chi connectivity index (χ4n) is 5.11. The Labute approximate surface area is 264 Å². The summed E-state index contributed by atoms with van der Waals surface area (Å²) in [6.45, 7) is 5.58. The molecule has 0 bridgehead atoms. The van der Waals surface area contributed by atoms with Gasteiger partial charge in [-0.15, -0.1) is 0 Å². The van der Waals surface area contributed by atoms with Crippen LogP contribution in [0.2, 0.25) is 0 Å². The molecule has 1 unspecified atom stereocenters. The second-order valence-electron chi connectivity index (χ2n) is 11.8. The molecule has 2 aromatic carbocycles. The van der Waals surface area contributed by atoms with Gasteiger partial charge >= 0.3 is 11.9 Å². The van der Waals surface area contributed by atoms with Crippen molar-refractivity contribution in [3.05, 3.63) is 53.6 Å². The Morgan fingerprint density at radius 1 is 1.00 bits per heavy atom. The number of hydrogen-bond acceptors (Lipinski definition) is 8. The minimum Gasteiger partial charge on any atom is -0.493 e. The molecule has 1 heterocycles. The molecular weight excluding hydrogens is 580 g/mol. The molecule has 11 heteroatoms. The Morgan fingerprint density at radius 3 is 2.40 bits per heavy atom. The van der Waals surface area contributed by atoms with Crippen LogP contribution in [0.5, 0.6) is 11.5 Å². The summed E-state index contributed by atoms with van der Waals surface area (Å²) in [4.78, 5) is 64.7. The van der Waals surface area contributed by atoms with Crippen LogP contribution in [0.4, 0.5) is 5.69 Å². The first-order valence-corrected chi connectivity index (χ1v) is 15.3. The van der Waals surface area contributed by atoms with E-state index in [0.717, 1.165) is 5.56 Å². The summed E-state index contributed by atoms with van der Waals surface area (Å²) in [6, 6.07) is 11.5. The van der Waals surface area contributed by atoms with Gasteiger partial charge in [-0.25, -0.2) is 4.79 Å². The van der Waals surface area contributed by atoms with Crippen molar-refractivity contribution in [1.82, 2.24) is 4.90 Å². The average Bonchev–Trinajstić information content (AvgIpc) is 3.04. The number of hydrogen-bond donors (Lipinski definition) is 2. The number of nitrogens with one attached hydrogen (secondary N) is 1. The number of carbonyl (C=O) groups is 5. The van der Waals surface area contributed by atoms with E-state index >= 15 is 0 Å². The Hall–Kier alpha value is -4.41. The third-order valence-corrected chi connectivity index (χ3v) is 8.24. The van der Waals surface area contributed by atoms with Crippen molar-refractivity contribution < 1.29 is 43.3 Å². The molecule has 2 aromatic rings. The number of ether oxygens (including phenoxy) is 3. The maximum absolute atomic E-state index is 13.8. The number of nitrogens with zero attached hydrogens (tertiary/aromatic N) is 1. The minimum atomic E-state index is -1.07. The van der Waals surface area contributed by atoms with Gasteiger partial charge in [-0.2, -0.15) is 0 Å². The van der Waals surface area contributed by atoms with E-state index in [2.05, 4.69) is 5.32 Å². The van der Waals surface area contributed by atoms with Gasteiger partial charge in [0, 0.05) is 24.1 Å². The highest BCUT2D eigenvalue weighted by molar-refractivity contribution is 6.38. The number of amides is 2. The molecule has 1 saturated heterocycles. The molecule has 244 valence electrons. The number of carboxylic acid groups (broad SMARTS) is 1. The number of Topliss-reactive ketones (excluding diaryl/α,β-unsaturated/α-hetero) is 1. The maximum atomic E-state index is 13.8. The fraction of sp³-hybridized carbons (Fsp3) is 0.500. The topological polar surface area (TPSA) is 149 Å². The molecule has 0 radical (unpaired) electrons. The summed E-state index contributed by atoms with van der Waals surface area (Å²) in [5, 5.41) is 11.6. The lowest BCUT2D eigenvalue weighted by atomic mass is 9.84. The van der Waals surface area contributed by atoms with Gasteiger partial charge in [0.2, 0.25) is 11.7 Å². The number of carbonyl (C=O) groups excluding carboxylic acids is 4. The molecule has 11 nitrogen and oxygen atoms in total. The van der Waals surface area contributed by atoms with Crippen molar-refractivity contribution in [2.75, 3.05) is 26.1 Å². The van der Waals surface area contributed by atoms with Crippen LogP contribution in [0.15, 0.2) is 42.5 Å². The van der Waals surface area contributed by atoms with Crippen molar-refractivity contribution in [1.29, 1.82) is 0 Å². The van der Waals surface area contributed by atoms with Crippen LogP contribution in [0.1, 0.15) is 82.9 Å². The highest BCUT2D eigenvalue weighted by atomic mass is 16.5. The van der Waals surface area contributed by atoms with Gasteiger partial charge < -0.3 is 29.5 Å². The molecule has 45 heavy (non-hydrogen) atoms. The van der Waals surface area contributed by atoms with Crippen LogP contribution in [-0.4, -0.2) is 66.3 Å². The van der Waals surface area contributed by atoms with E-state index in [4.69, 9.17) is 19.3 Å². The average molecular weight is 625 g/mol. The fourth-order valence-corrected chi connectivity index (χ4v) is 5.11. The molecule has 2 amide bonds. The molecule has 0 saturated carbocycles. The van der Waals surface area contributed by atoms with Crippen LogP contribution in [-0.2, 0) is 35.1 Å². The van der Waals surface area contributed by atoms with Crippen LogP contribution >= 0.6 is 0 Å². The summed E-state index contributed by atoms with van der Waals surface area (Å²) in [6.07, 6.45) is 1.87. The highest BCUT2D eigenvalue weighted by Gasteiger charge is 2.41. The number of aliphatic carboxylic acids is 1. The Kier molecular flexibility index (Phi) is 12.5. The van der Waals surface area contributed by atoms with Crippen molar-refractivity contribution in [3.63, 3.8) is 0 Å². The molecule has 3 rings (SSSR count). The lowest BCUT2D eigenvalue weighted by Crippen LogP contribution is -2.53. The van der Waals surface area contributed by atoms with Gasteiger partial charge in [0.05, 0.1) is 20.6 Å². The van der Waals surface area contributed by atoms with Gasteiger partial charge in [-0.05, 0) is 73.9 Å². The van der Waals surface area contributed by atoms with E-state index in [0.29, 0.717) is 61.3 Å². The van der Waals surface area contributed by atoms with E-state index in [1.54, 1.807) is 58.4 Å². The van der Waals surface area contributed by atoms with E-state index in [9.17, 15) is 24.0 Å². The number of likely N-dealkylation sites (tertiary alicyclic amines) is 1. The number of anilines is 1. The lowest BCUT2D eigenvalue weighted by Gasteiger charge is -2.36. The van der Waals surface area contributed by atoms with Gasteiger partial charge in [-0.3, -0.25) is 19.2 Å². The normalized spacial score (nSPS) is 15.5. The third kappa shape index (κ3) is 9.54. The molecule has 1 fully saturated rings. The van der Waals surface area contributed by atoms with Crippen LogP contribution in [0.3, 0.4) is 0 Å². The summed E-state index contributed by atoms with van der Waals surface area (Å²) >= 11 is 0. The van der Waals surface area contributed by atoms with Crippen molar-refractivity contribution in [2.24, 2.45) is 5.41 Å². The second kappa shape index (κ2) is 16.1. The summed E-state index contributed by atoms with van der Waals surface area (Å²) < 4.78 is 16.9. The number of ketones is 1. The number of carboxylic acids is 1. The first kappa shape index (κ1) is 35.1. The number of piperidine rings is 1. The van der Waals surface area contributed by atoms with Crippen molar-refractivity contribution in [3.8, 4) is 11.5 Å². The first-order chi connectivity index (χ1) is 21.4. The standard InChI is InChI=1S/C34H44N2O9/c1-6-34(2,3)31(40)32(41)36-19-8-7-12-25(36)33(42)45-26(15-13-22-14-16-27(43-4)28(20-22)44-5)23-10-9-11-24(21-23)35-29(37)17-18-30(38)39/h9-11,14,16,20-21,25-26H,6-8,12-13,15,17-19H2,1-5H3,(H,35,37)(H,38,39)/t25-,26?/m0/s1. The molecule has 1 aliphatic rings. The molecule has 1 aliphatic heterocycles. The monoisotopic (exact) mass is 624 g/mol. The lowest BCUT2D eigenvalue weighted by molar-refractivity contribution is -0.164. The second-order valence-corrected chi connectivity index (χ2v) is 11.8. The van der Waals surface area contributed by atoms with Gasteiger partial charge in [0.25, 0.3) is 5.91 Å². The first-order valence-electron chi connectivity index (χ1n) is 15.3. The predicted octanol–water partition coefficient (Wildman–Crippen LogP) is 5.11. The van der Waals surface area contributed by atoms with Gasteiger partial charge in [0.1, 0.15) is 12.1 Å². The smallest absolute Gasteiger partial charge is 0.329 e. The van der Waals surface area contributed by atoms with E-state index in [1.807, 2.05) is 19.1 Å². The summed E-state index contributed by atoms with van der Waals surface area (Å²) in [5.41, 5.74) is 1.10. The zero-order chi connectivity index (χ0) is 33.1. The summed E-state index contributed by atoms with van der Waals surface area (Å²) in [5.74, 6) is -2.18. The maximum Gasteiger partial charge on any atom is 0.329 e. The zero-order valence-corrected chi connectivity index (χ0v) is 26.7. The van der Waals surface area contributed by atoms with E-state index in [1.165, 1.54) is 4.90 Å². The Bertz CT molecular complexity index is 1390. The highest BCUT2D eigenvalue weighted by Crippen LogP contribution is 2.32. The molecule has 0 aliphatic carbocycles. The van der Waals surface area contributed by atoms with Gasteiger partial charge in [-0.1, -0.05) is 39.0 Å². The van der Waals surface area contributed by atoms with E-state index < -0.39 is 47.1 Å². The number of aryl methyl sites for hydroxylation is 1. The Balaban J connectivity index is 1.88. The van der Waals surface area contributed by atoms with Crippen molar-refractivity contribution >= 4 is 35.2 Å². The van der Waals surface area contributed by atoms with Gasteiger partial charge in [0.15, 0.2) is 11.5 Å². The largest absolute Gasteiger partial charge is 0.493 e. The number of benzene rings is 2. The molecular formula is C34H44N2O9. The van der Waals surface area contributed by atoms with Crippen LogP contribution in [0.25, 0.3) is 0 Å². The quantitative estimate of drug-likeness (QED) is 0.204. The minimum absolute atomic E-state index is 0.184. The zero-order valence-electron chi connectivity index (χ0n) is 26.7. The summed E-state index contributed by atoms with van der Waals surface area (Å²) in [7, 11) is 3.10. The number of rotatable bonds is 15. The third-order valence-electron chi connectivity index (χ3n) is 8.24. The number of methoxy groups -OCH3 is 2. The number of esters is 1. The van der Waals surface area contributed by atoms with Crippen LogP contribution < -0.4 is 14.8 Å². The predicted molar refractivity (Wildman–Crippen MR) is 167 cm³/mol.